The molecular formula is C15H12N2O3S2. The van der Waals surface area contributed by atoms with E-state index in [4.69, 9.17) is 4.18 Å². The topological polar surface area (TPSA) is 68.1 Å². The molecule has 3 rings (SSSR count). The van der Waals surface area contributed by atoms with Gasteiger partial charge in [-0.2, -0.15) is 8.42 Å². The van der Waals surface area contributed by atoms with Gasteiger partial charge in [-0.25, -0.2) is 0 Å². The summed E-state index contributed by atoms with van der Waals surface area (Å²) in [6, 6.07) is 16.6. The van der Waals surface area contributed by atoms with Crippen molar-refractivity contribution in [2.75, 3.05) is 6.26 Å². The quantitative estimate of drug-likeness (QED) is 0.515. The van der Waals surface area contributed by atoms with Crippen LogP contribution in [0.25, 0.3) is 10.1 Å². The van der Waals surface area contributed by atoms with Crippen molar-refractivity contribution in [3.05, 3.63) is 54.6 Å². The van der Waals surface area contributed by atoms with Crippen molar-refractivity contribution in [1.82, 2.24) is 0 Å². The van der Waals surface area contributed by atoms with E-state index in [9.17, 15) is 8.42 Å². The number of rotatable bonds is 4. The Kier molecular flexibility index (Phi) is 3.91. The Labute approximate surface area is 132 Å². The summed E-state index contributed by atoms with van der Waals surface area (Å²) < 4.78 is 29.0. The van der Waals surface area contributed by atoms with Gasteiger partial charge in [0.2, 0.25) is 0 Å². The highest BCUT2D eigenvalue weighted by Crippen LogP contribution is 2.45. The van der Waals surface area contributed by atoms with Gasteiger partial charge in [0.25, 0.3) is 0 Å². The van der Waals surface area contributed by atoms with Crippen LogP contribution in [0, 0.1) is 0 Å². The maximum Gasteiger partial charge on any atom is 0.306 e. The maximum atomic E-state index is 11.5. The molecule has 0 saturated carbocycles. The Morgan fingerprint density at radius 2 is 1.64 bits per heavy atom. The predicted molar refractivity (Wildman–Crippen MR) is 87.9 cm³/mol. The minimum absolute atomic E-state index is 0.225. The predicted octanol–water partition coefficient (Wildman–Crippen LogP) is 4.66. The van der Waals surface area contributed by atoms with E-state index in [0.29, 0.717) is 16.1 Å². The molecule has 0 amide bonds. The van der Waals surface area contributed by atoms with Gasteiger partial charge >= 0.3 is 10.1 Å². The number of hydrogen-bond acceptors (Lipinski definition) is 6. The zero-order valence-corrected chi connectivity index (χ0v) is 13.3. The van der Waals surface area contributed by atoms with Crippen LogP contribution in [0.5, 0.6) is 5.75 Å². The number of fused-ring (bicyclic) bond motifs is 1. The number of hydrogen-bond donors (Lipinski definition) is 0. The van der Waals surface area contributed by atoms with Crippen molar-refractivity contribution in [1.29, 1.82) is 0 Å². The molecule has 3 aromatic rings. The number of thiophene rings is 1. The molecule has 0 spiro atoms. The van der Waals surface area contributed by atoms with E-state index >= 15 is 0 Å². The Hall–Kier alpha value is -2.25. The van der Waals surface area contributed by atoms with Crippen LogP contribution < -0.4 is 4.18 Å². The fourth-order valence-corrected chi connectivity index (χ4v) is 3.38. The Bertz CT molecular complexity index is 932. The maximum absolute atomic E-state index is 11.5. The summed E-state index contributed by atoms with van der Waals surface area (Å²) in [7, 11) is -3.64. The van der Waals surface area contributed by atoms with Crippen molar-refractivity contribution in [3.8, 4) is 5.75 Å². The van der Waals surface area contributed by atoms with Gasteiger partial charge < -0.3 is 4.18 Å². The molecule has 0 saturated heterocycles. The molecule has 0 bridgehead atoms. The lowest BCUT2D eigenvalue weighted by Crippen LogP contribution is -2.05. The second kappa shape index (κ2) is 5.86. The fraction of sp³-hybridized carbons (Fsp3) is 0.0667. The Morgan fingerprint density at radius 3 is 2.36 bits per heavy atom. The zero-order chi connectivity index (χ0) is 15.6. The zero-order valence-electron chi connectivity index (χ0n) is 11.6. The van der Waals surface area contributed by atoms with Gasteiger partial charge in [0.1, 0.15) is 0 Å². The lowest BCUT2D eigenvalue weighted by Gasteiger charge is -2.01. The summed E-state index contributed by atoms with van der Waals surface area (Å²) in [5.74, 6) is 0.225. The molecule has 0 N–H and O–H groups in total. The monoisotopic (exact) mass is 332 g/mol. The van der Waals surface area contributed by atoms with E-state index in [0.717, 1.165) is 11.0 Å². The van der Waals surface area contributed by atoms with Gasteiger partial charge in [0.15, 0.2) is 10.8 Å². The van der Waals surface area contributed by atoms with E-state index in [1.54, 1.807) is 6.07 Å². The van der Waals surface area contributed by atoms with Crippen LogP contribution >= 0.6 is 11.3 Å². The van der Waals surface area contributed by atoms with E-state index < -0.39 is 10.1 Å². The average molecular weight is 332 g/mol. The van der Waals surface area contributed by atoms with Crippen LogP contribution in [-0.2, 0) is 10.1 Å². The van der Waals surface area contributed by atoms with Gasteiger partial charge in [-0.1, -0.05) is 30.3 Å². The van der Waals surface area contributed by atoms with Crippen molar-refractivity contribution in [3.63, 3.8) is 0 Å². The molecule has 2 aromatic carbocycles. The molecule has 0 atom stereocenters. The van der Waals surface area contributed by atoms with Crippen LogP contribution in [0.2, 0.25) is 0 Å². The largest absolute Gasteiger partial charge is 0.379 e. The van der Waals surface area contributed by atoms with Crippen LogP contribution in [0.4, 0.5) is 10.7 Å². The first-order chi connectivity index (χ1) is 10.5. The second-order valence-electron chi connectivity index (χ2n) is 4.56. The van der Waals surface area contributed by atoms with Crippen molar-refractivity contribution in [2.24, 2.45) is 10.2 Å². The molecule has 0 unspecified atom stereocenters. The standard InChI is InChI=1S/C15H12N2O3S2/c1-22(18,19)20-14-12-9-5-6-10-13(12)21-15(14)17-16-11-7-3-2-4-8-11/h2-10H,1H3. The summed E-state index contributed by atoms with van der Waals surface area (Å²) >= 11 is 1.33. The van der Waals surface area contributed by atoms with Gasteiger partial charge in [-0.15, -0.1) is 21.6 Å². The van der Waals surface area contributed by atoms with Gasteiger partial charge in [-0.05, 0) is 24.3 Å². The van der Waals surface area contributed by atoms with Crippen LogP contribution in [0.15, 0.2) is 64.8 Å². The molecule has 1 aromatic heterocycles. The molecule has 1 heterocycles. The van der Waals surface area contributed by atoms with Crippen LogP contribution in [0.3, 0.4) is 0 Å². The summed E-state index contributed by atoms with van der Waals surface area (Å²) in [5, 5.41) is 9.41. The third-order valence-corrected chi connectivity index (χ3v) is 4.29. The summed E-state index contributed by atoms with van der Waals surface area (Å²) in [5.41, 5.74) is 0.685. The molecule has 22 heavy (non-hydrogen) atoms. The summed E-state index contributed by atoms with van der Waals surface area (Å²) in [6.45, 7) is 0. The van der Waals surface area contributed by atoms with E-state index in [2.05, 4.69) is 10.2 Å². The third kappa shape index (κ3) is 3.32. The number of azo groups is 1. The molecule has 0 aliphatic carbocycles. The highest BCUT2D eigenvalue weighted by atomic mass is 32.2. The molecule has 5 nitrogen and oxygen atoms in total. The molecule has 0 fully saturated rings. The molecule has 0 aliphatic heterocycles. The summed E-state index contributed by atoms with van der Waals surface area (Å²) in [4.78, 5) is 0. The van der Waals surface area contributed by atoms with Crippen LogP contribution in [-0.4, -0.2) is 14.7 Å². The van der Waals surface area contributed by atoms with E-state index in [1.807, 2.05) is 48.5 Å². The lowest BCUT2D eigenvalue weighted by atomic mass is 10.2. The second-order valence-corrected chi connectivity index (χ2v) is 7.16. The molecule has 0 aliphatic rings. The number of nitrogens with zero attached hydrogens (tertiary/aromatic N) is 2. The first-order valence-electron chi connectivity index (χ1n) is 6.41. The number of benzene rings is 2. The summed E-state index contributed by atoms with van der Waals surface area (Å²) in [6.07, 6.45) is 1.01. The smallest absolute Gasteiger partial charge is 0.306 e. The van der Waals surface area contributed by atoms with E-state index in [1.165, 1.54) is 11.3 Å². The highest BCUT2D eigenvalue weighted by molar-refractivity contribution is 7.86. The molecule has 0 radical (unpaired) electrons. The normalized spacial score (nSPS) is 12.0. The first kappa shape index (κ1) is 14.7. The van der Waals surface area contributed by atoms with Gasteiger partial charge in [0, 0.05) is 10.1 Å². The van der Waals surface area contributed by atoms with Crippen LogP contribution in [0.1, 0.15) is 0 Å². The van der Waals surface area contributed by atoms with Gasteiger partial charge in [-0.3, -0.25) is 0 Å². The lowest BCUT2D eigenvalue weighted by molar-refractivity contribution is 0.497. The first-order valence-corrected chi connectivity index (χ1v) is 9.04. The molecule has 7 heteroatoms. The Balaban J connectivity index is 2.08. The van der Waals surface area contributed by atoms with Crippen molar-refractivity contribution in [2.45, 2.75) is 0 Å². The Morgan fingerprint density at radius 1 is 0.955 bits per heavy atom. The van der Waals surface area contributed by atoms with E-state index in [-0.39, 0.29) is 5.75 Å². The van der Waals surface area contributed by atoms with Gasteiger partial charge in [0.05, 0.1) is 11.9 Å². The average Bonchev–Trinajstić information content (AvgIpc) is 2.83. The van der Waals surface area contributed by atoms with Crippen molar-refractivity contribution < 1.29 is 12.6 Å². The fourth-order valence-electron chi connectivity index (χ4n) is 1.90. The SMILES string of the molecule is CS(=O)(=O)Oc1c(N=Nc2ccccc2)sc2ccccc12. The third-order valence-electron chi connectivity index (χ3n) is 2.78. The molecule has 112 valence electrons. The minimum Gasteiger partial charge on any atom is -0.379 e. The molecular weight excluding hydrogens is 320 g/mol. The minimum atomic E-state index is -3.64. The van der Waals surface area contributed by atoms with Crippen molar-refractivity contribution >= 4 is 42.2 Å². The highest BCUT2D eigenvalue weighted by Gasteiger charge is 2.17.